The molecule has 0 saturated carbocycles. The number of hydrogen-bond acceptors (Lipinski definition) is 5. The van der Waals surface area contributed by atoms with Crippen molar-refractivity contribution in [1.29, 1.82) is 0 Å². The first kappa shape index (κ1) is 18.8. The van der Waals surface area contributed by atoms with Crippen LogP contribution in [0, 0.1) is 0 Å². The average molecular weight is 348 g/mol. The third kappa shape index (κ3) is 6.04. The van der Waals surface area contributed by atoms with Crippen molar-refractivity contribution < 1.29 is 9.84 Å². The minimum Gasteiger partial charge on any atom is -0.390 e. The summed E-state index contributed by atoms with van der Waals surface area (Å²) in [7, 11) is 0. The van der Waals surface area contributed by atoms with Crippen molar-refractivity contribution in [1.82, 2.24) is 14.7 Å². The quantitative estimate of drug-likeness (QED) is 0.794. The Balaban J connectivity index is 1.36. The fraction of sp³-hybridized carbons (Fsp3) is 0.700. The van der Waals surface area contributed by atoms with E-state index in [1.54, 1.807) is 0 Å². The number of piperazine rings is 1. The number of hydrogen-bond donors (Lipinski definition) is 1. The second kappa shape index (κ2) is 9.64. The lowest BCUT2D eigenvalue weighted by atomic mass is 10.1. The third-order valence-corrected chi connectivity index (χ3v) is 5.45. The summed E-state index contributed by atoms with van der Waals surface area (Å²) in [4.78, 5) is 7.31. The van der Waals surface area contributed by atoms with Crippen molar-refractivity contribution in [2.75, 3.05) is 65.6 Å². The molecule has 0 spiro atoms. The van der Waals surface area contributed by atoms with Crippen molar-refractivity contribution >= 4 is 0 Å². The van der Waals surface area contributed by atoms with Gasteiger partial charge in [0, 0.05) is 58.4 Å². The molecule has 25 heavy (non-hydrogen) atoms. The lowest BCUT2D eigenvalue weighted by molar-refractivity contribution is 0.000890. The molecule has 2 unspecified atom stereocenters. The van der Waals surface area contributed by atoms with Gasteiger partial charge in [0.05, 0.1) is 19.3 Å². The van der Waals surface area contributed by atoms with Gasteiger partial charge in [-0.05, 0) is 18.9 Å². The number of aliphatic hydroxyl groups excluding tert-OH is 1. The molecular weight excluding hydrogens is 314 g/mol. The second-order valence-electron chi connectivity index (χ2n) is 7.44. The Morgan fingerprint density at radius 2 is 1.52 bits per heavy atom. The number of benzene rings is 1. The normalized spacial score (nSPS) is 23.4. The Hall–Kier alpha value is -0.980. The topological polar surface area (TPSA) is 39.2 Å². The summed E-state index contributed by atoms with van der Waals surface area (Å²) < 4.78 is 5.37. The average Bonchev–Trinajstić information content (AvgIpc) is 2.64. The van der Waals surface area contributed by atoms with Crippen LogP contribution in [0.15, 0.2) is 30.3 Å². The molecular formula is C20H33N3O2. The second-order valence-corrected chi connectivity index (χ2v) is 7.44. The van der Waals surface area contributed by atoms with Crippen LogP contribution in [0.25, 0.3) is 0 Å². The molecule has 2 heterocycles. The van der Waals surface area contributed by atoms with E-state index in [9.17, 15) is 5.11 Å². The Labute approximate surface area is 152 Å². The van der Waals surface area contributed by atoms with Crippen molar-refractivity contribution in [2.45, 2.75) is 25.5 Å². The molecule has 2 atom stereocenters. The summed E-state index contributed by atoms with van der Waals surface area (Å²) in [6.45, 7) is 11.7. The predicted octanol–water partition coefficient (Wildman–Crippen LogP) is 0.928. The summed E-state index contributed by atoms with van der Waals surface area (Å²) >= 11 is 0. The predicted molar refractivity (Wildman–Crippen MR) is 101 cm³/mol. The number of rotatable bonds is 7. The van der Waals surface area contributed by atoms with Crippen LogP contribution in [0.5, 0.6) is 0 Å². The standard InChI is InChI=1S/C20H33N3O2/c1-18(15-19-5-3-2-4-6-19)23-9-7-21(8-10-23)16-20(24)17-22-11-13-25-14-12-22/h2-6,18,20,24H,7-17H2,1H3. The van der Waals surface area contributed by atoms with Crippen LogP contribution in [-0.2, 0) is 11.2 Å². The van der Waals surface area contributed by atoms with Gasteiger partial charge in [0.15, 0.2) is 0 Å². The maximum atomic E-state index is 10.4. The van der Waals surface area contributed by atoms with Gasteiger partial charge in [0.25, 0.3) is 0 Å². The molecule has 3 rings (SSSR count). The highest BCUT2D eigenvalue weighted by Crippen LogP contribution is 2.12. The van der Waals surface area contributed by atoms with E-state index < -0.39 is 0 Å². The van der Waals surface area contributed by atoms with Gasteiger partial charge in [0.1, 0.15) is 0 Å². The fourth-order valence-corrected chi connectivity index (χ4v) is 3.91. The minimum absolute atomic E-state index is 0.258. The Morgan fingerprint density at radius 1 is 0.920 bits per heavy atom. The molecule has 2 aliphatic rings. The maximum absolute atomic E-state index is 10.4. The van der Waals surface area contributed by atoms with E-state index in [4.69, 9.17) is 4.74 Å². The van der Waals surface area contributed by atoms with Crippen molar-refractivity contribution in [3.8, 4) is 0 Å². The Morgan fingerprint density at radius 3 is 2.16 bits per heavy atom. The lowest BCUT2D eigenvalue weighted by Gasteiger charge is -2.39. The van der Waals surface area contributed by atoms with E-state index >= 15 is 0 Å². The highest BCUT2D eigenvalue weighted by molar-refractivity contribution is 5.15. The third-order valence-electron chi connectivity index (χ3n) is 5.45. The van der Waals surface area contributed by atoms with Gasteiger partial charge >= 0.3 is 0 Å². The van der Waals surface area contributed by atoms with Gasteiger partial charge in [-0.1, -0.05) is 30.3 Å². The molecule has 0 aliphatic carbocycles. The summed E-state index contributed by atoms with van der Waals surface area (Å²) in [6, 6.07) is 11.3. The summed E-state index contributed by atoms with van der Waals surface area (Å²) in [5.41, 5.74) is 1.42. The molecule has 0 radical (unpaired) electrons. The molecule has 0 aromatic heterocycles. The van der Waals surface area contributed by atoms with Crippen molar-refractivity contribution in [3.05, 3.63) is 35.9 Å². The van der Waals surface area contributed by atoms with Crippen LogP contribution in [-0.4, -0.2) is 97.5 Å². The highest BCUT2D eigenvalue weighted by atomic mass is 16.5. The maximum Gasteiger partial charge on any atom is 0.0793 e. The summed E-state index contributed by atoms with van der Waals surface area (Å²) in [5, 5.41) is 10.4. The van der Waals surface area contributed by atoms with Crippen LogP contribution >= 0.6 is 0 Å². The van der Waals surface area contributed by atoms with Gasteiger partial charge in [0.2, 0.25) is 0 Å². The first-order valence-electron chi connectivity index (χ1n) is 9.69. The number of ether oxygens (including phenoxy) is 1. The van der Waals surface area contributed by atoms with Gasteiger partial charge in [-0.3, -0.25) is 14.7 Å². The minimum atomic E-state index is -0.258. The molecule has 0 bridgehead atoms. The van der Waals surface area contributed by atoms with E-state index in [-0.39, 0.29) is 6.10 Å². The van der Waals surface area contributed by atoms with Crippen LogP contribution in [0.2, 0.25) is 0 Å². The van der Waals surface area contributed by atoms with Crippen molar-refractivity contribution in [2.24, 2.45) is 0 Å². The first-order valence-corrected chi connectivity index (χ1v) is 9.69. The molecule has 1 N–H and O–H groups in total. The van der Waals surface area contributed by atoms with Gasteiger partial charge in [-0.2, -0.15) is 0 Å². The molecule has 2 aliphatic heterocycles. The van der Waals surface area contributed by atoms with E-state index in [2.05, 4.69) is 52.0 Å². The van der Waals surface area contributed by atoms with Gasteiger partial charge < -0.3 is 9.84 Å². The number of morpholine rings is 1. The molecule has 2 saturated heterocycles. The number of β-amino-alcohol motifs (C(OH)–C–C–N with tert-alkyl or cyclic N) is 1. The number of aliphatic hydroxyl groups is 1. The molecule has 0 amide bonds. The van der Waals surface area contributed by atoms with Crippen LogP contribution in [0.4, 0.5) is 0 Å². The smallest absolute Gasteiger partial charge is 0.0793 e. The summed E-state index contributed by atoms with van der Waals surface area (Å²) in [5.74, 6) is 0. The zero-order valence-corrected chi connectivity index (χ0v) is 15.5. The SMILES string of the molecule is CC(Cc1ccccc1)N1CCN(CC(O)CN2CCOCC2)CC1. The van der Waals surface area contributed by atoms with Gasteiger partial charge in [-0.15, -0.1) is 0 Å². The number of nitrogens with zero attached hydrogens (tertiary/aromatic N) is 3. The molecule has 2 fully saturated rings. The zero-order chi connectivity index (χ0) is 17.5. The fourth-order valence-electron chi connectivity index (χ4n) is 3.91. The zero-order valence-electron chi connectivity index (χ0n) is 15.5. The van der Waals surface area contributed by atoms with E-state index in [1.807, 2.05) is 0 Å². The van der Waals surface area contributed by atoms with Crippen LogP contribution < -0.4 is 0 Å². The summed E-state index contributed by atoms with van der Waals surface area (Å²) in [6.07, 6.45) is 0.854. The monoisotopic (exact) mass is 347 g/mol. The highest BCUT2D eigenvalue weighted by Gasteiger charge is 2.23. The van der Waals surface area contributed by atoms with E-state index in [1.165, 1.54) is 5.56 Å². The first-order chi connectivity index (χ1) is 12.2. The van der Waals surface area contributed by atoms with Crippen LogP contribution in [0.3, 0.4) is 0 Å². The van der Waals surface area contributed by atoms with Crippen molar-refractivity contribution in [3.63, 3.8) is 0 Å². The molecule has 5 nitrogen and oxygen atoms in total. The molecule has 5 heteroatoms. The Bertz CT molecular complexity index is 485. The van der Waals surface area contributed by atoms with E-state index in [0.29, 0.717) is 6.04 Å². The Kier molecular flexibility index (Phi) is 7.25. The molecule has 140 valence electrons. The van der Waals surface area contributed by atoms with Crippen LogP contribution in [0.1, 0.15) is 12.5 Å². The van der Waals surface area contributed by atoms with E-state index in [0.717, 1.165) is 72.0 Å². The largest absolute Gasteiger partial charge is 0.390 e. The van der Waals surface area contributed by atoms with Gasteiger partial charge in [-0.25, -0.2) is 0 Å². The molecule has 1 aromatic rings. The lowest BCUT2D eigenvalue weighted by Crippen LogP contribution is -2.52. The molecule has 1 aromatic carbocycles.